The molecular weight excluding hydrogens is 511 g/mol. The summed E-state index contributed by atoms with van der Waals surface area (Å²) in [6.45, 7) is 4.38. The fraction of sp³-hybridized carbons (Fsp3) is 0.0526. The van der Waals surface area contributed by atoms with E-state index in [0.29, 0.717) is 0 Å². The molecule has 2 aromatic heterocycles. The molecule has 0 radical (unpaired) electrons. The third kappa shape index (κ3) is 3.29. The minimum atomic E-state index is 0.837. The second-order valence-electron chi connectivity index (χ2n) is 11.6. The summed E-state index contributed by atoms with van der Waals surface area (Å²) in [7, 11) is 0.837. The molecule has 0 unspecified atom stereocenters. The Labute approximate surface area is 244 Å². The standard InChI is InChI=1S/C38H27BN2O/c1-22-15-17-24(18-16-22)40-31-12-6-3-9-25(31)29-19-23(2)36-27-11-4-7-13-32(27)41-33-20-28-26-10-5-8-14-34(26)42-35(28)21-30(33)39-37(29)38(36)41/h3-21,39-40H,1-2H3. The Hall–Kier alpha value is -5.22. The molecule has 42 heavy (non-hydrogen) atoms. The van der Waals surface area contributed by atoms with E-state index in [0.717, 1.165) is 35.2 Å². The molecule has 0 aliphatic carbocycles. The third-order valence-electron chi connectivity index (χ3n) is 8.97. The van der Waals surface area contributed by atoms with Gasteiger partial charge in [0.15, 0.2) is 7.28 Å². The molecular formula is C38H27BN2O. The Balaban J connectivity index is 1.35. The average molecular weight is 538 g/mol. The lowest BCUT2D eigenvalue weighted by Crippen LogP contribution is -2.37. The molecule has 9 rings (SSSR count). The first-order chi connectivity index (χ1) is 20.6. The van der Waals surface area contributed by atoms with Crippen LogP contribution in [0.3, 0.4) is 0 Å². The lowest BCUT2D eigenvalue weighted by Gasteiger charge is -2.24. The van der Waals surface area contributed by atoms with Crippen LogP contribution < -0.4 is 16.2 Å². The van der Waals surface area contributed by atoms with E-state index < -0.39 is 0 Å². The van der Waals surface area contributed by atoms with Gasteiger partial charge in [0, 0.05) is 49.7 Å². The number of para-hydroxylation sites is 3. The van der Waals surface area contributed by atoms with E-state index >= 15 is 0 Å². The van der Waals surface area contributed by atoms with Crippen molar-refractivity contribution in [1.82, 2.24) is 4.57 Å². The van der Waals surface area contributed by atoms with Crippen molar-refractivity contribution in [3.63, 3.8) is 0 Å². The highest BCUT2D eigenvalue weighted by molar-refractivity contribution is 6.73. The topological polar surface area (TPSA) is 30.1 Å². The van der Waals surface area contributed by atoms with Crippen molar-refractivity contribution in [2.75, 3.05) is 5.32 Å². The van der Waals surface area contributed by atoms with Crippen LogP contribution in [0.1, 0.15) is 11.1 Å². The third-order valence-corrected chi connectivity index (χ3v) is 8.97. The van der Waals surface area contributed by atoms with Crippen LogP contribution in [-0.4, -0.2) is 11.8 Å². The van der Waals surface area contributed by atoms with E-state index in [1.54, 1.807) is 0 Å². The van der Waals surface area contributed by atoms with Gasteiger partial charge in [0.1, 0.15) is 11.2 Å². The molecule has 1 aliphatic heterocycles. The highest BCUT2D eigenvalue weighted by Crippen LogP contribution is 2.40. The zero-order valence-electron chi connectivity index (χ0n) is 23.5. The minimum absolute atomic E-state index is 0.837. The van der Waals surface area contributed by atoms with Crippen molar-refractivity contribution in [2.24, 2.45) is 0 Å². The van der Waals surface area contributed by atoms with Crippen molar-refractivity contribution < 1.29 is 4.42 Å². The van der Waals surface area contributed by atoms with Crippen LogP contribution in [0.2, 0.25) is 0 Å². The molecule has 0 spiro atoms. The summed E-state index contributed by atoms with van der Waals surface area (Å²) in [6, 6.07) is 41.5. The van der Waals surface area contributed by atoms with Gasteiger partial charge in [-0.1, -0.05) is 83.8 Å². The quantitative estimate of drug-likeness (QED) is 0.229. The first-order valence-electron chi connectivity index (χ1n) is 14.6. The van der Waals surface area contributed by atoms with Crippen LogP contribution in [0.4, 0.5) is 11.4 Å². The fourth-order valence-electron chi connectivity index (χ4n) is 7.06. The maximum absolute atomic E-state index is 6.36. The molecule has 0 atom stereocenters. The van der Waals surface area contributed by atoms with E-state index in [1.165, 1.54) is 66.1 Å². The number of rotatable bonds is 3. The molecule has 0 amide bonds. The van der Waals surface area contributed by atoms with Gasteiger partial charge in [-0.3, -0.25) is 0 Å². The van der Waals surface area contributed by atoms with Crippen molar-refractivity contribution in [1.29, 1.82) is 0 Å². The zero-order valence-corrected chi connectivity index (χ0v) is 23.5. The molecule has 3 heterocycles. The van der Waals surface area contributed by atoms with E-state index in [2.05, 4.69) is 133 Å². The number of benzene rings is 6. The molecule has 0 fully saturated rings. The first-order valence-corrected chi connectivity index (χ1v) is 14.6. The number of aryl methyl sites for hydroxylation is 2. The van der Waals surface area contributed by atoms with E-state index in [9.17, 15) is 0 Å². The fourth-order valence-corrected chi connectivity index (χ4v) is 7.06. The molecule has 4 heteroatoms. The summed E-state index contributed by atoms with van der Waals surface area (Å²) < 4.78 is 8.86. The summed E-state index contributed by atoms with van der Waals surface area (Å²) >= 11 is 0. The van der Waals surface area contributed by atoms with Gasteiger partial charge < -0.3 is 14.3 Å². The predicted molar refractivity (Wildman–Crippen MR) is 179 cm³/mol. The van der Waals surface area contributed by atoms with E-state index in [4.69, 9.17) is 4.42 Å². The van der Waals surface area contributed by atoms with Gasteiger partial charge in [-0.25, -0.2) is 0 Å². The van der Waals surface area contributed by atoms with Gasteiger partial charge in [0.2, 0.25) is 0 Å². The first kappa shape index (κ1) is 23.5. The maximum Gasteiger partial charge on any atom is 0.198 e. The highest BCUT2D eigenvalue weighted by atomic mass is 16.3. The summed E-state index contributed by atoms with van der Waals surface area (Å²) in [4.78, 5) is 0. The van der Waals surface area contributed by atoms with Gasteiger partial charge in [-0.05, 0) is 72.9 Å². The van der Waals surface area contributed by atoms with E-state index in [1.807, 2.05) is 6.07 Å². The summed E-state index contributed by atoms with van der Waals surface area (Å²) in [5, 5.41) is 8.68. The monoisotopic (exact) mass is 538 g/mol. The van der Waals surface area contributed by atoms with Gasteiger partial charge >= 0.3 is 0 Å². The molecule has 198 valence electrons. The molecule has 1 N–H and O–H groups in total. The molecule has 0 saturated carbocycles. The van der Waals surface area contributed by atoms with Crippen molar-refractivity contribution in [3.8, 4) is 16.8 Å². The van der Waals surface area contributed by atoms with Crippen LogP contribution in [-0.2, 0) is 0 Å². The second kappa shape index (κ2) is 8.64. The normalized spacial score (nSPS) is 12.2. The van der Waals surface area contributed by atoms with E-state index in [-0.39, 0.29) is 0 Å². The number of anilines is 2. The lowest BCUT2D eigenvalue weighted by atomic mass is 9.58. The maximum atomic E-state index is 6.36. The number of furan rings is 1. The van der Waals surface area contributed by atoms with Crippen LogP contribution in [0.15, 0.2) is 120 Å². The number of aromatic nitrogens is 1. The molecule has 0 saturated heterocycles. The average Bonchev–Trinajstić information content (AvgIpc) is 3.56. The largest absolute Gasteiger partial charge is 0.456 e. The SMILES string of the molecule is Cc1ccc(Nc2ccccc2-c2cc(C)c3c4ccccc4n4c3c2Bc2cc3oc5ccccc5c3cc2-4)cc1. The minimum Gasteiger partial charge on any atom is -0.456 e. The van der Waals surface area contributed by atoms with Gasteiger partial charge in [-0.2, -0.15) is 0 Å². The molecule has 1 aliphatic rings. The van der Waals surface area contributed by atoms with Crippen molar-refractivity contribution in [2.45, 2.75) is 13.8 Å². The van der Waals surface area contributed by atoms with Crippen molar-refractivity contribution in [3.05, 3.63) is 126 Å². The van der Waals surface area contributed by atoms with Crippen LogP contribution in [0.5, 0.6) is 0 Å². The van der Waals surface area contributed by atoms with Gasteiger partial charge in [0.05, 0.1) is 5.52 Å². The summed E-state index contributed by atoms with van der Waals surface area (Å²) in [5.41, 5.74) is 15.6. The van der Waals surface area contributed by atoms with Crippen LogP contribution >= 0.6 is 0 Å². The number of nitrogens with one attached hydrogen (secondary N) is 1. The smallest absolute Gasteiger partial charge is 0.198 e. The predicted octanol–water partition coefficient (Wildman–Crippen LogP) is 8.41. The summed E-state index contributed by atoms with van der Waals surface area (Å²) in [5.74, 6) is 0. The number of hydrogen-bond acceptors (Lipinski definition) is 2. The highest BCUT2D eigenvalue weighted by Gasteiger charge is 2.28. The Morgan fingerprint density at radius 2 is 1.43 bits per heavy atom. The van der Waals surface area contributed by atoms with Gasteiger partial charge in [-0.15, -0.1) is 0 Å². The molecule has 6 aromatic carbocycles. The Morgan fingerprint density at radius 1 is 0.667 bits per heavy atom. The Morgan fingerprint density at radius 3 is 2.31 bits per heavy atom. The summed E-state index contributed by atoms with van der Waals surface area (Å²) in [6.07, 6.45) is 0. The second-order valence-corrected chi connectivity index (χ2v) is 11.6. The zero-order chi connectivity index (χ0) is 27.9. The molecule has 8 aromatic rings. The van der Waals surface area contributed by atoms with Crippen LogP contribution in [0.25, 0.3) is 60.6 Å². The number of nitrogens with zero attached hydrogens (tertiary/aromatic N) is 1. The number of fused-ring (bicyclic) bond motifs is 8. The van der Waals surface area contributed by atoms with Gasteiger partial charge in [0.25, 0.3) is 0 Å². The Kier molecular flexibility index (Phi) is 4.83. The molecule has 3 nitrogen and oxygen atoms in total. The van der Waals surface area contributed by atoms with Crippen LogP contribution in [0, 0.1) is 13.8 Å². The Bertz CT molecular complexity index is 2380. The molecule has 0 bridgehead atoms. The number of hydrogen-bond donors (Lipinski definition) is 1. The van der Waals surface area contributed by atoms with Crippen molar-refractivity contribution >= 4 is 73.3 Å². The lowest BCUT2D eigenvalue weighted by molar-refractivity contribution is 0.669.